The highest BCUT2D eigenvalue weighted by atomic mass is 16.5. The average molecular weight is 255 g/mol. The lowest BCUT2D eigenvalue weighted by atomic mass is 10.1. The molecule has 2 heterocycles. The molecule has 0 aliphatic heterocycles. The normalized spacial score (nSPS) is 10.7. The van der Waals surface area contributed by atoms with Gasteiger partial charge in [0.1, 0.15) is 0 Å². The van der Waals surface area contributed by atoms with Gasteiger partial charge in [0.2, 0.25) is 5.89 Å². The zero-order valence-corrected chi connectivity index (χ0v) is 10.2. The lowest BCUT2D eigenvalue weighted by Crippen LogP contribution is -2.06. The van der Waals surface area contributed by atoms with Gasteiger partial charge in [0.25, 0.3) is 0 Å². The van der Waals surface area contributed by atoms with Gasteiger partial charge in [-0.25, -0.2) is 0 Å². The third-order valence-corrected chi connectivity index (χ3v) is 2.91. The first-order chi connectivity index (χ1) is 9.34. The fourth-order valence-corrected chi connectivity index (χ4v) is 1.98. The summed E-state index contributed by atoms with van der Waals surface area (Å²) in [4.78, 5) is 8.11. The predicted octanol–water partition coefficient (Wildman–Crippen LogP) is 1.85. The van der Waals surface area contributed by atoms with Crippen molar-refractivity contribution in [3.63, 3.8) is 0 Å². The minimum atomic E-state index is 0.616. The molecule has 0 amide bonds. The molecule has 0 bridgehead atoms. The summed E-state index contributed by atoms with van der Waals surface area (Å²) in [7, 11) is 0. The Balaban J connectivity index is 1.79. The van der Waals surface area contributed by atoms with Gasteiger partial charge in [0, 0.05) is 47.5 Å². The monoisotopic (exact) mass is 255 g/mol. The Morgan fingerprint density at radius 3 is 3.00 bits per heavy atom. The molecule has 3 N–H and O–H groups in total. The first-order valence-corrected chi connectivity index (χ1v) is 5.96. The number of hydrogen-bond donors (Lipinski definition) is 2. The van der Waals surface area contributed by atoms with E-state index in [4.69, 9.17) is 10.3 Å². The van der Waals surface area contributed by atoms with Crippen LogP contribution < -0.4 is 11.1 Å². The summed E-state index contributed by atoms with van der Waals surface area (Å²) in [6.45, 7) is 0.704. The van der Waals surface area contributed by atoms with Crippen LogP contribution in [0.15, 0.2) is 41.4 Å². The van der Waals surface area contributed by atoms with Crippen molar-refractivity contribution >= 4 is 22.1 Å². The molecule has 6 nitrogen and oxygen atoms in total. The van der Waals surface area contributed by atoms with E-state index in [0.717, 1.165) is 22.1 Å². The molecule has 0 spiro atoms. The molecule has 0 aliphatic carbocycles. The minimum absolute atomic E-state index is 0.616. The molecular weight excluding hydrogens is 242 g/mol. The van der Waals surface area contributed by atoms with Crippen LogP contribution in [-0.4, -0.2) is 21.7 Å². The Morgan fingerprint density at radius 1 is 1.21 bits per heavy atom. The van der Waals surface area contributed by atoms with E-state index in [1.54, 1.807) is 12.4 Å². The van der Waals surface area contributed by atoms with E-state index in [1.807, 2.05) is 18.2 Å². The number of nitrogens with zero attached hydrogens (tertiary/aromatic N) is 3. The first-order valence-electron chi connectivity index (χ1n) is 5.96. The quantitative estimate of drug-likeness (QED) is 0.691. The standard InChI is InChI=1S/C13H13N5O/c14-11-1-2-12(10-7-15-5-3-9(10)11)16-6-4-13-17-8-18-19-13/h1-3,5,7-8,16H,4,6,14H2. The van der Waals surface area contributed by atoms with Gasteiger partial charge in [0.05, 0.1) is 0 Å². The predicted molar refractivity (Wildman–Crippen MR) is 72.6 cm³/mol. The molecule has 1 aromatic carbocycles. The van der Waals surface area contributed by atoms with Crippen LogP contribution in [0.5, 0.6) is 0 Å². The van der Waals surface area contributed by atoms with Crippen molar-refractivity contribution in [1.82, 2.24) is 15.1 Å². The molecule has 0 unspecified atom stereocenters. The highest BCUT2D eigenvalue weighted by Gasteiger charge is 2.04. The van der Waals surface area contributed by atoms with Gasteiger partial charge in [-0.15, -0.1) is 0 Å². The van der Waals surface area contributed by atoms with Crippen LogP contribution in [0.3, 0.4) is 0 Å². The number of hydrogen-bond acceptors (Lipinski definition) is 6. The molecule has 3 rings (SSSR count). The van der Waals surface area contributed by atoms with Gasteiger partial charge in [-0.05, 0) is 18.2 Å². The molecule has 0 radical (unpaired) electrons. The van der Waals surface area contributed by atoms with Crippen molar-refractivity contribution in [3.8, 4) is 0 Å². The Hall–Kier alpha value is -2.63. The van der Waals surface area contributed by atoms with Gasteiger partial charge in [-0.3, -0.25) is 4.98 Å². The smallest absolute Gasteiger partial charge is 0.228 e. The number of nitrogens with two attached hydrogens (primary N) is 1. The van der Waals surface area contributed by atoms with E-state index >= 15 is 0 Å². The summed E-state index contributed by atoms with van der Waals surface area (Å²) in [5, 5.41) is 8.90. The van der Waals surface area contributed by atoms with E-state index in [2.05, 4.69) is 20.4 Å². The number of aromatic nitrogens is 3. The zero-order valence-electron chi connectivity index (χ0n) is 10.2. The maximum absolute atomic E-state index is 5.94. The highest BCUT2D eigenvalue weighted by molar-refractivity contribution is 6.00. The average Bonchev–Trinajstić information content (AvgIpc) is 2.95. The maximum Gasteiger partial charge on any atom is 0.228 e. The molecule has 2 aromatic heterocycles. The number of anilines is 2. The second-order valence-corrected chi connectivity index (χ2v) is 4.14. The van der Waals surface area contributed by atoms with Crippen molar-refractivity contribution < 1.29 is 4.52 Å². The maximum atomic E-state index is 5.94. The van der Waals surface area contributed by atoms with Crippen molar-refractivity contribution in [1.29, 1.82) is 0 Å². The molecule has 3 aromatic rings. The van der Waals surface area contributed by atoms with E-state index in [0.29, 0.717) is 18.9 Å². The lowest BCUT2D eigenvalue weighted by Gasteiger charge is -2.10. The minimum Gasteiger partial charge on any atom is -0.398 e. The fraction of sp³-hybridized carbons (Fsp3) is 0.154. The summed E-state index contributed by atoms with van der Waals surface area (Å²) >= 11 is 0. The van der Waals surface area contributed by atoms with Crippen molar-refractivity contribution in [2.75, 3.05) is 17.6 Å². The topological polar surface area (TPSA) is 89.9 Å². The molecule has 0 saturated carbocycles. The van der Waals surface area contributed by atoms with Gasteiger partial charge in [-0.1, -0.05) is 5.16 Å². The van der Waals surface area contributed by atoms with Crippen molar-refractivity contribution in [2.45, 2.75) is 6.42 Å². The molecule has 0 fully saturated rings. The third-order valence-electron chi connectivity index (χ3n) is 2.91. The van der Waals surface area contributed by atoms with Crippen LogP contribution in [0.1, 0.15) is 5.89 Å². The molecule has 19 heavy (non-hydrogen) atoms. The Labute approximate surface area is 109 Å². The second-order valence-electron chi connectivity index (χ2n) is 4.14. The number of rotatable bonds is 4. The van der Waals surface area contributed by atoms with Crippen molar-refractivity contribution in [2.24, 2.45) is 0 Å². The van der Waals surface area contributed by atoms with Gasteiger partial charge < -0.3 is 15.6 Å². The number of nitrogens with one attached hydrogen (secondary N) is 1. The van der Waals surface area contributed by atoms with E-state index in [-0.39, 0.29) is 0 Å². The molecule has 0 atom stereocenters. The third kappa shape index (κ3) is 2.33. The summed E-state index contributed by atoms with van der Waals surface area (Å²) < 4.78 is 4.94. The zero-order chi connectivity index (χ0) is 13.1. The van der Waals surface area contributed by atoms with Crippen LogP contribution in [0.4, 0.5) is 11.4 Å². The number of benzene rings is 1. The van der Waals surface area contributed by atoms with Crippen LogP contribution in [0.2, 0.25) is 0 Å². The first kappa shape index (κ1) is 11.5. The fourth-order valence-electron chi connectivity index (χ4n) is 1.98. The van der Waals surface area contributed by atoms with Gasteiger partial charge in [-0.2, -0.15) is 4.98 Å². The Bertz CT molecular complexity index is 681. The van der Waals surface area contributed by atoms with Crippen LogP contribution in [0, 0.1) is 0 Å². The summed E-state index contributed by atoms with van der Waals surface area (Å²) in [5.74, 6) is 0.616. The molecule has 0 aliphatic rings. The van der Waals surface area contributed by atoms with Crippen LogP contribution >= 0.6 is 0 Å². The SMILES string of the molecule is Nc1ccc(NCCc2ncno2)c2cnccc12. The summed E-state index contributed by atoms with van der Waals surface area (Å²) in [6.07, 6.45) is 5.62. The van der Waals surface area contributed by atoms with Gasteiger partial charge in [0.15, 0.2) is 6.33 Å². The lowest BCUT2D eigenvalue weighted by molar-refractivity contribution is 0.380. The molecule has 0 saturated heterocycles. The Morgan fingerprint density at radius 2 is 2.16 bits per heavy atom. The largest absolute Gasteiger partial charge is 0.398 e. The van der Waals surface area contributed by atoms with E-state index < -0.39 is 0 Å². The van der Waals surface area contributed by atoms with E-state index in [9.17, 15) is 0 Å². The number of nitrogen functional groups attached to an aromatic ring is 1. The molecular formula is C13H13N5O. The van der Waals surface area contributed by atoms with E-state index in [1.165, 1.54) is 6.33 Å². The number of pyridine rings is 1. The highest BCUT2D eigenvalue weighted by Crippen LogP contribution is 2.27. The van der Waals surface area contributed by atoms with Crippen LogP contribution in [0.25, 0.3) is 10.8 Å². The Kier molecular flexibility index (Phi) is 2.97. The van der Waals surface area contributed by atoms with Gasteiger partial charge >= 0.3 is 0 Å². The summed E-state index contributed by atoms with van der Waals surface area (Å²) in [5.41, 5.74) is 7.69. The second kappa shape index (κ2) is 4.93. The molecule has 6 heteroatoms. The van der Waals surface area contributed by atoms with Crippen molar-refractivity contribution in [3.05, 3.63) is 42.8 Å². The molecule has 96 valence electrons. The number of fused-ring (bicyclic) bond motifs is 1. The summed E-state index contributed by atoms with van der Waals surface area (Å²) in [6, 6.07) is 5.75. The van der Waals surface area contributed by atoms with Crippen LogP contribution in [-0.2, 0) is 6.42 Å².